The van der Waals surface area contributed by atoms with E-state index in [1.165, 1.54) is 69.9 Å². The molecule has 0 bridgehead atoms. The summed E-state index contributed by atoms with van der Waals surface area (Å²) < 4.78 is 37.8. The summed E-state index contributed by atoms with van der Waals surface area (Å²) in [6.07, 6.45) is 13.7. The smallest absolute Gasteiger partial charge is 0.298 e. The normalized spacial score (nSPS) is 11.5. The first kappa shape index (κ1) is 24.2. The molecular formula is C24H34O5S. The number of hydrogen-bond acceptors (Lipinski definition) is 4. The van der Waals surface area contributed by atoms with E-state index in [9.17, 15) is 18.1 Å². The summed E-state index contributed by atoms with van der Waals surface area (Å²) >= 11 is 0. The fourth-order valence-electron chi connectivity index (χ4n) is 3.50. The zero-order valence-corrected chi connectivity index (χ0v) is 18.7. The number of aromatic hydroxyl groups is 1. The fourth-order valence-corrected chi connectivity index (χ4v) is 4.10. The lowest BCUT2D eigenvalue weighted by molar-refractivity contribution is 0.434. The second-order valence-corrected chi connectivity index (χ2v) is 9.14. The van der Waals surface area contributed by atoms with Crippen LogP contribution in [0.25, 0.3) is 0 Å². The number of unbranched alkanes of at least 4 members (excludes halogenated alkanes) is 9. The third kappa shape index (κ3) is 8.36. The van der Waals surface area contributed by atoms with Gasteiger partial charge in [0.2, 0.25) is 0 Å². The van der Waals surface area contributed by atoms with Gasteiger partial charge in [-0.2, -0.15) is 8.42 Å². The summed E-state index contributed by atoms with van der Waals surface area (Å²) in [4.78, 5) is -0.563. The van der Waals surface area contributed by atoms with E-state index < -0.39 is 20.8 Å². The van der Waals surface area contributed by atoms with Crippen molar-refractivity contribution in [3.05, 3.63) is 48.0 Å². The molecule has 2 N–H and O–H groups in total. The highest BCUT2D eigenvalue weighted by atomic mass is 32.2. The Balaban J connectivity index is 1.83. The predicted molar refractivity (Wildman–Crippen MR) is 120 cm³/mol. The quantitative estimate of drug-likeness (QED) is 0.250. The average molecular weight is 435 g/mol. The van der Waals surface area contributed by atoms with Gasteiger partial charge in [-0.1, -0.05) is 82.9 Å². The van der Waals surface area contributed by atoms with Crippen LogP contribution in [0.4, 0.5) is 0 Å². The first-order valence-corrected chi connectivity index (χ1v) is 12.4. The van der Waals surface area contributed by atoms with Crippen LogP contribution in [0.3, 0.4) is 0 Å². The third-order valence-corrected chi connectivity index (χ3v) is 6.09. The third-order valence-electron chi connectivity index (χ3n) is 5.21. The molecule has 0 saturated carbocycles. The van der Waals surface area contributed by atoms with Gasteiger partial charge in [0.05, 0.1) is 0 Å². The molecular weight excluding hydrogens is 400 g/mol. The molecule has 166 valence electrons. The standard InChI is InChI=1S/C24H34O5S/c1-2-3-4-5-6-7-8-9-10-11-14-20-15-12-13-16-23(20)29-21-17-18-22(25)24(19-21)30(26,27)28/h12-13,15-19,25H,2-11,14H2,1H3,(H,26,27,28). The Labute approximate surface area is 180 Å². The molecule has 0 spiro atoms. The lowest BCUT2D eigenvalue weighted by Crippen LogP contribution is -1.99. The molecule has 5 nitrogen and oxygen atoms in total. The van der Waals surface area contributed by atoms with Gasteiger partial charge in [-0.05, 0) is 36.6 Å². The van der Waals surface area contributed by atoms with Gasteiger partial charge < -0.3 is 9.84 Å². The predicted octanol–water partition coefficient (Wildman–Crippen LogP) is 6.89. The van der Waals surface area contributed by atoms with Crippen LogP contribution in [0, 0.1) is 0 Å². The van der Waals surface area contributed by atoms with Crippen LogP contribution in [0.1, 0.15) is 76.7 Å². The topological polar surface area (TPSA) is 83.8 Å². The zero-order chi connectivity index (χ0) is 21.8. The molecule has 0 amide bonds. The van der Waals surface area contributed by atoms with Crippen LogP contribution in [-0.2, 0) is 16.5 Å². The minimum absolute atomic E-state index is 0.246. The summed E-state index contributed by atoms with van der Waals surface area (Å²) in [5.41, 5.74) is 1.05. The largest absolute Gasteiger partial charge is 0.506 e. The van der Waals surface area contributed by atoms with Crippen LogP contribution in [0.15, 0.2) is 47.4 Å². The molecule has 0 unspecified atom stereocenters. The summed E-state index contributed by atoms with van der Waals surface area (Å²) in [5.74, 6) is 0.389. The number of phenols is 1. The van der Waals surface area contributed by atoms with E-state index in [0.717, 1.165) is 24.5 Å². The molecule has 0 aliphatic carbocycles. The Morgan fingerprint density at radius 1 is 0.833 bits per heavy atom. The van der Waals surface area contributed by atoms with Crippen LogP contribution in [0.5, 0.6) is 17.2 Å². The van der Waals surface area contributed by atoms with E-state index in [4.69, 9.17) is 4.74 Å². The van der Waals surface area contributed by atoms with Crippen LogP contribution < -0.4 is 4.74 Å². The molecule has 0 heterocycles. The van der Waals surface area contributed by atoms with Gasteiger partial charge in [0, 0.05) is 6.07 Å². The van der Waals surface area contributed by atoms with Crippen molar-refractivity contribution in [2.24, 2.45) is 0 Å². The second-order valence-electron chi connectivity index (χ2n) is 7.75. The molecule has 0 saturated heterocycles. The Morgan fingerprint density at radius 2 is 1.43 bits per heavy atom. The lowest BCUT2D eigenvalue weighted by atomic mass is 10.0. The maximum atomic E-state index is 11.4. The number of benzene rings is 2. The van der Waals surface area contributed by atoms with Crippen LogP contribution in [-0.4, -0.2) is 18.1 Å². The van der Waals surface area contributed by atoms with E-state index in [1.54, 1.807) is 0 Å². The van der Waals surface area contributed by atoms with E-state index in [1.807, 2.05) is 24.3 Å². The fraction of sp³-hybridized carbons (Fsp3) is 0.500. The van der Waals surface area contributed by atoms with Gasteiger partial charge >= 0.3 is 0 Å². The van der Waals surface area contributed by atoms with Crippen LogP contribution >= 0.6 is 0 Å². The molecule has 0 aliphatic rings. The van der Waals surface area contributed by atoms with Crippen molar-refractivity contribution in [1.29, 1.82) is 0 Å². The van der Waals surface area contributed by atoms with Crippen molar-refractivity contribution in [3.63, 3.8) is 0 Å². The average Bonchev–Trinajstić information content (AvgIpc) is 2.71. The molecule has 0 aromatic heterocycles. The monoisotopic (exact) mass is 434 g/mol. The van der Waals surface area contributed by atoms with Gasteiger partial charge in [-0.25, -0.2) is 0 Å². The highest BCUT2D eigenvalue weighted by molar-refractivity contribution is 7.86. The maximum Gasteiger partial charge on any atom is 0.298 e. The summed E-state index contributed by atoms with van der Waals surface area (Å²) in [5, 5.41) is 9.66. The highest BCUT2D eigenvalue weighted by Crippen LogP contribution is 2.32. The van der Waals surface area contributed by atoms with E-state index >= 15 is 0 Å². The Kier molecular flexibility index (Phi) is 10.2. The lowest BCUT2D eigenvalue weighted by Gasteiger charge is -2.12. The van der Waals surface area contributed by atoms with Crippen molar-refractivity contribution in [2.45, 2.75) is 82.4 Å². The van der Waals surface area contributed by atoms with Gasteiger partial charge in [-0.3, -0.25) is 4.55 Å². The summed E-state index contributed by atoms with van der Waals surface area (Å²) in [6.45, 7) is 2.24. The number of hydrogen-bond donors (Lipinski definition) is 2. The molecule has 0 atom stereocenters. The van der Waals surface area contributed by atoms with E-state index in [-0.39, 0.29) is 5.75 Å². The summed E-state index contributed by atoms with van der Waals surface area (Å²) in [6, 6.07) is 11.5. The van der Waals surface area contributed by atoms with Gasteiger partial charge in [0.1, 0.15) is 22.1 Å². The van der Waals surface area contributed by atoms with Gasteiger partial charge in [0.25, 0.3) is 10.1 Å². The SMILES string of the molecule is CCCCCCCCCCCCc1ccccc1Oc1ccc(O)c(S(=O)(=O)O)c1. The molecule has 2 rings (SSSR count). The van der Waals surface area contributed by atoms with Crippen molar-refractivity contribution in [3.8, 4) is 17.2 Å². The van der Waals surface area contributed by atoms with Gasteiger partial charge in [-0.15, -0.1) is 0 Å². The number of phenolic OH excluding ortho intramolecular Hbond substituents is 1. The van der Waals surface area contributed by atoms with E-state index in [0.29, 0.717) is 5.75 Å². The van der Waals surface area contributed by atoms with E-state index in [2.05, 4.69) is 6.92 Å². The molecule has 6 heteroatoms. The second kappa shape index (κ2) is 12.6. The minimum atomic E-state index is -4.52. The Hall–Kier alpha value is -2.05. The minimum Gasteiger partial charge on any atom is -0.506 e. The molecule has 0 aliphatic heterocycles. The highest BCUT2D eigenvalue weighted by Gasteiger charge is 2.17. The Bertz CT molecular complexity index is 877. The molecule has 2 aromatic carbocycles. The number of para-hydroxylation sites is 1. The van der Waals surface area contributed by atoms with Crippen molar-refractivity contribution >= 4 is 10.1 Å². The number of rotatable bonds is 14. The zero-order valence-electron chi connectivity index (χ0n) is 17.8. The van der Waals surface area contributed by atoms with Crippen LogP contribution in [0.2, 0.25) is 0 Å². The first-order chi connectivity index (χ1) is 14.4. The number of ether oxygens (including phenoxy) is 1. The molecule has 0 radical (unpaired) electrons. The Morgan fingerprint density at radius 3 is 2.07 bits per heavy atom. The maximum absolute atomic E-state index is 11.4. The van der Waals surface area contributed by atoms with Crippen molar-refractivity contribution < 1.29 is 22.8 Å². The number of aryl methyl sites for hydroxylation is 1. The first-order valence-electron chi connectivity index (χ1n) is 11.0. The van der Waals surface area contributed by atoms with Crippen molar-refractivity contribution in [2.75, 3.05) is 0 Å². The molecule has 2 aromatic rings. The van der Waals surface area contributed by atoms with Gasteiger partial charge in [0.15, 0.2) is 0 Å². The summed E-state index contributed by atoms with van der Waals surface area (Å²) in [7, 11) is -4.52. The molecule has 30 heavy (non-hydrogen) atoms. The van der Waals surface area contributed by atoms with Crippen molar-refractivity contribution in [1.82, 2.24) is 0 Å². The molecule has 0 fully saturated rings.